The third kappa shape index (κ3) is 7.10. The highest BCUT2D eigenvalue weighted by molar-refractivity contribution is 14.2. The van der Waals surface area contributed by atoms with Crippen molar-refractivity contribution in [3.8, 4) is 5.75 Å². The van der Waals surface area contributed by atoms with Crippen LogP contribution in [0.25, 0.3) is 0 Å². The highest BCUT2D eigenvalue weighted by atomic mass is 127. The Kier molecular flexibility index (Phi) is 8.24. The number of carboxylic acid groups (broad SMARTS) is 1. The summed E-state index contributed by atoms with van der Waals surface area (Å²) in [5, 5.41) is 8.51. The van der Waals surface area contributed by atoms with Gasteiger partial charge in [0.05, 0.1) is 0 Å². The minimum absolute atomic E-state index is 0.154. The van der Waals surface area contributed by atoms with Crippen molar-refractivity contribution in [1.82, 2.24) is 0 Å². The first-order valence-corrected chi connectivity index (χ1v) is 9.27. The maximum Gasteiger partial charge on any atom is 0.303 e. The van der Waals surface area contributed by atoms with E-state index in [0.29, 0.717) is 6.42 Å². The van der Waals surface area contributed by atoms with Gasteiger partial charge in [-0.05, 0) is 24.1 Å². The van der Waals surface area contributed by atoms with Crippen LogP contribution in [0.15, 0.2) is 24.3 Å². The van der Waals surface area contributed by atoms with Crippen LogP contribution >= 0.6 is 30.4 Å². The van der Waals surface area contributed by atoms with Gasteiger partial charge in [-0.25, -0.2) is 0 Å². The Hall–Kier alpha value is -0.430. The van der Waals surface area contributed by atoms with Crippen molar-refractivity contribution in [2.75, 3.05) is 0 Å². The molecule has 100 valence electrons. The van der Waals surface area contributed by atoms with Gasteiger partial charge in [-0.15, -0.1) is 0 Å². The molecule has 0 heterocycles. The fourth-order valence-corrected chi connectivity index (χ4v) is 2.09. The number of hydrogen-bond donors (Lipinski definition) is 1. The van der Waals surface area contributed by atoms with Crippen LogP contribution in [0.1, 0.15) is 37.7 Å². The number of carbonyl (C=O) groups is 1. The Balaban J connectivity index is 0.000000341. The second kappa shape index (κ2) is 9.49. The van der Waals surface area contributed by atoms with Crippen LogP contribution in [-0.4, -0.2) is 11.1 Å². The number of rotatable bonds is 5. The predicted octanol–water partition coefficient (Wildman–Crippen LogP) is 4.64. The zero-order chi connectivity index (χ0) is 13.2. The van der Waals surface area contributed by atoms with Gasteiger partial charge in [0.1, 0.15) is 15.0 Å². The summed E-state index contributed by atoms with van der Waals surface area (Å²) in [5.41, 5.74) is 0.982. The summed E-state index contributed by atoms with van der Waals surface area (Å²) in [5.74, 6) is -0.0214. The lowest BCUT2D eigenvalue weighted by atomic mass is 10.0. The molecule has 1 aromatic rings. The van der Waals surface area contributed by atoms with Gasteiger partial charge < -0.3 is 9.29 Å². The predicted molar refractivity (Wildman–Crippen MR) is 83.1 cm³/mol. The molecule has 0 bridgehead atoms. The van der Waals surface area contributed by atoms with Crippen molar-refractivity contribution in [3.05, 3.63) is 29.8 Å². The first-order chi connectivity index (χ1) is 8.72. The Morgan fingerprint density at radius 2 is 2.00 bits per heavy atom. The van der Waals surface area contributed by atoms with Crippen LogP contribution in [-0.2, 0) is 11.2 Å². The summed E-state index contributed by atoms with van der Waals surface area (Å²) < 4.78 is 5.21. The number of carboxylic acids is 1. The summed E-state index contributed by atoms with van der Waals surface area (Å²) in [4.78, 5) is 10.3. The SMILES string of the molecule is C1CCC1.O=C(O)CCc1cccc(OSI)c1. The van der Waals surface area contributed by atoms with E-state index in [0.717, 1.165) is 11.3 Å². The monoisotopic (exact) mass is 380 g/mol. The van der Waals surface area contributed by atoms with E-state index in [2.05, 4.69) is 0 Å². The van der Waals surface area contributed by atoms with Crippen molar-refractivity contribution in [2.45, 2.75) is 38.5 Å². The third-order valence-corrected chi connectivity index (χ3v) is 3.45. The molecule has 0 saturated heterocycles. The lowest BCUT2D eigenvalue weighted by Gasteiger charge is -2.05. The van der Waals surface area contributed by atoms with Gasteiger partial charge in [0.2, 0.25) is 0 Å². The largest absolute Gasteiger partial charge is 0.481 e. The van der Waals surface area contributed by atoms with E-state index < -0.39 is 5.97 Å². The lowest BCUT2D eigenvalue weighted by Crippen LogP contribution is -1.97. The number of hydrogen-bond acceptors (Lipinski definition) is 3. The van der Waals surface area contributed by atoms with Crippen LogP contribution in [0.5, 0.6) is 5.75 Å². The Labute approximate surface area is 124 Å². The molecule has 0 aromatic heterocycles. The van der Waals surface area contributed by atoms with Gasteiger partial charge in [-0.3, -0.25) is 4.79 Å². The fraction of sp³-hybridized carbons (Fsp3) is 0.462. The number of halogens is 1. The summed E-state index contributed by atoms with van der Waals surface area (Å²) in [6, 6.07) is 7.46. The molecule has 2 rings (SSSR count). The van der Waals surface area contributed by atoms with Crippen molar-refractivity contribution >= 4 is 36.4 Å². The molecule has 1 aliphatic carbocycles. The fourth-order valence-electron chi connectivity index (χ4n) is 1.29. The van der Waals surface area contributed by atoms with Gasteiger partial charge in [0.15, 0.2) is 0 Å². The molecule has 1 aliphatic rings. The Morgan fingerprint density at radius 1 is 1.33 bits per heavy atom. The van der Waals surface area contributed by atoms with Crippen molar-refractivity contribution in [1.29, 1.82) is 0 Å². The topological polar surface area (TPSA) is 46.5 Å². The summed E-state index contributed by atoms with van der Waals surface area (Å²) in [6.45, 7) is 0. The molecule has 5 heteroatoms. The maximum absolute atomic E-state index is 10.3. The zero-order valence-corrected chi connectivity index (χ0v) is 13.1. The van der Waals surface area contributed by atoms with Gasteiger partial charge in [-0.2, -0.15) is 0 Å². The van der Waals surface area contributed by atoms with E-state index in [4.69, 9.17) is 9.29 Å². The first-order valence-electron chi connectivity index (χ1n) is 5.98. The quantitative estimate of drug-likeness (QED) is 0.597. The lowest BCUT2D eigenvalue weighted by molar-refractivity contribution is -0.136. The highest BCUT2D eigenvalue weighted by Crippen LogP contribution is 2.22. The molecule has 3 nitrogen and oxygen atoms in total. The normalized spacial score (nSPS) is 12.9. The summed E-state index contributed by atoms with van der Waals surface area (Å²) in [7, 11) is 1.24. The standard InChI is InChI=1S/C9H9IO3S.C4H8/c10-14-13-8-3-1-2-7(6-8)4-5-9(11)12;1-2-4-3-1/h1-3,6H,4-5H2,(H,11,12);1-4H2. The number of aryl methyl sites for hydroxylation is 1. The van der Waals surface area contributed by atoms with Gasteiger partial charge in [0, 0.05) is 27.6 Å². The van der Waals surface area contributed by atoms with Gasteiger partial charge in [-0.1, -0.05) is 37.8 Å². The molecule has 1 aromatic carbocycles. The molecule has 0 spiro atoms. The maximum atomic E-state index is 10.3. The van der Waals surface area contributed by atoms with Crippen LogP contribution in [0.2, 0.25) is 0 Å². The van der Waals surface area contributed by atoms with E-state index in [-0.39, 0.29) is 6.42 Å². The minimum atomic E-state index is -0.778. The van der Waals surface area contributed by atoms with Crippen molar-refractivity contribution in [3.63, 3.8) is 0 Å². The smallest absolute Gasteiger partial charge is 0.303 e. The molecule has 0 unspecified atom stereocenters. The van der Waals surface area contributed by atoms with Crippen molar-refractivity contribution in [2.24, 2.45) is 0 Å². The molecule has 1 saturated carbocycles. The molecule has 0 atom stereocenters. The summed E-state index contributed by atoms with van der Waals surface area (Å²) in [6.07, 6.45) is 6.69. The molecule has 18 heavy (non-hydrogen) atoms. The van der Waals surface area contributed by atoms with Crippen LogP contribution < -0.4 is 4.18 Å². The summed E-state index contributed by atoms with van der Waals surface area (Å²) >= 11 is 2.03. The van der Waals surface area contributed by atoms with E-state index in [1.807, 2.05) is 45.5 Å². The van der Waals surface area contributed by atoms with Crippen molar-refractivity contribution < 1.29 is 14.1 Å². The van der Waals surface area contributed by atoms with Crippen LogP contribution in [0.4, 0.5) is 0 Å². The van der Waals surface area contributed by atoms with Crippen LogP contribution in [0.3, 0.4) is 0 Å². The molecule has 1 fully saturated rings. The van der Waals surface area contributed by atoms with E-state index in [1.54, 1.807) is 0 Å². The highest BCUT2D eigenvalue weighted by Gasteiger charge is 2.00. The Morgan fingerprint density at radius 3 is 2.50 bits per heavy atom. The van der Waals surface area contributed by atoms with Crippen LogP contribution in [0, 0.1) is 0 Å². The molecular weight excluding hydrogens is 363 g/mol. The van der Waals surface area contributed by atoms with E-state index in [1.165, 1.54) is 34.9 Å². The number of aliphatic carboxylic acids is 1. The molecule has 0 radical (unpaired) electrons. The third-order valence-electron chi connectivity index (χ3n) is 2.65. The Bertz CT molecular complexity index is 363. The minimum Gasteiger partial charge on any atom is -0.481 e. The average molecular weight is 380 g/mol. The molecule has 0 aliphatic heterocycles. The molecule has 0 amide bonds. The average Bonchev–Trinajstić information content (AvgIpc) is 2.25. The second-order valence-corrected chi connectivity index (χ2v) is 5.47. The van der Waals surface area contributed by atoms with E-state index >= 15 is 0 Å². The zero-order valence-electron chi connectivity index (χ0n) is 10.1. The second-order valence-electron chi connectivity index (χ2n) is 4.10. The van der Waals surface area contributed by atoms with Gasteiger partial charge in [0.25, 0.3) is 0 Å². The number of benzene rings is 1. The van der Waals surface area contributed by atoms with Gasteiger partial charge >= 0.3 is 5.97 Å². The van der Waals surface area contributed by atoms with E-state index in [9.17, 15) is 4.79 Å². The molecule has 1 N–H and O–H groups in total. The first kappa shape index (κ1) is 15.6. The molecular formula is C13H17IO3S.